The van der Waals surface area contributed by atoms with Crippen LogP contribution in [0, 0.1) is 5.92 Å². The van der Waals surface area contributed by atoms with E-state index in [9.17, 15) is 0 Å². The Balaban J connectivity index is 2.35. The van der Waals surface area contributed by atoms with E-state index < -0.39 is 0 Å². The molecule has 0 saturated heterocycles. The average molecular weight is 193 g/mol. The molecule has 2 N–H and O–H groups in total. The minimum Gasteiger partial charge on any atom is -0.333 e. The topological polar surface area (TPSA) is 43.8 Å². The first kappa shape index (κ1) is 9.71. The zero-order valence-electron chi connectivity index (χ0n) is 9.20. The maximum absolute atomic E-state index is 6.07. The number of nitrogens with zero attached hydrogens (tertiary/aromatic N) is 2. The fourth-order valence-electron chi connectivity index (χ4n) is 2.12. The first-order valence-corrected chi connectivity index (χ1v) is 5.40. The van der Waals surface area contributed by atoms with Crippen molar-refractivity contribution in [2.75, 3.05) is 0 Å². The van der Waals surface area contributed by atoms with E-state index in [4.69, 9.17) is 5.73 Å². The summed E-state index contributed by atoms with van der Waals surface area (Å²) in [6, 6.07) is 0.131. The van der Waals surface area contributed by atoms with Crippen LogP contribution in [0.5, 0.6) is 0 Å². The Bertz CT molecular complexity index is 327. The Morgan fingerprint density at radius 2 is 2.29 bits per heavy atom. The highest BCUT2D eigenvalue weighted by Crippen LogP contribution is 2.27. The number of hydrogen-bond donors (Lipinski definition) is 1. The second-order valence-electron chi connectivity index (χ2n) is 4.78. The highest BCUT2D eigenvalue weighted by atomic mass is 15.1. The van der Waals surface area contributed by atoms with Crippen molar-refractivity contribution < 1.29 is 0 Å². The van der Waals surface area contributed by atoms with Gasteiger partial charge in [0, 0.05) is 12.7 Å². The van der Waals surface area contributed by atoms with E-state index in [-0.39, 0.29) is 6.04 Å². The smallest absolute Gasteiger partial charge is 0.125 e. The summed E-state index contributed by atoms with van der Waals surface area (Å²) in [6.45, 7) is 7.66. The van der Waals surface area contributed by atoms with Gasteiger partial charge < -0.3 is 10.3 Å². The molecule has 78 valence electrons. The van der Waals surface area contributed by atoms with Gasteiger partial charge in [-0.1, -0.05) is 20.8 Å². The quantitative estimate of drug-likeness (QED) is 0.741. The molecule has 2 rings (SSSR count). The zero-order chi connectivity index (χ0) is 10.3. The Kier molecular flexibility index (Phi) is 2.35. The van der Waals surface area contributed by atoms with Crippen LogP contribution in [0.15, 0.2) is 6.20 Å². The molecule has 0 aromatic carbocycles. The van der Waals surface area contributed by atoms with Crippen molar-refractivity contribution in [3.63, 3.8) is 0 Å². The van der Waals surface area contributed by atoms with E-state index in [1.54, 1.807) is 0 Å². The van der Waals surface area contributed by atoms with Crippen molar-refractivity contribution in [1.82, 2.24) is 9.55 Å². The van der Waals surface area contributed by atoms with Crippen molar-refractivity contribution in [2.45, 2.75) is 45.7 Å². The van der Waals surface area contributed by atoms with Crippen LogP contribution in [-0.2, 0) is 6.54 Å². The van der Waals surface area contributed by atoms with Crippen LogP contribution in [0.4, 0.5) is 0 Å². The molecule has 0 saturated carbocycles. The van der Waals surface area contributed by atoms with E-state index >= 15 is 0 Å². The van der Waals surface area contributed by atoms with E-state index in [2.05, 4.69) is 36.5 Å². The lowest BCUT2D eigenvalue weighted by Gasteiger charge is -2.25. The molecule has 0 spiro atoms. The molecule has 2 heterocycles. The minimum atomic E-state index is 0.131. The van der Waals surface area contributed by atoms with Crippen LogP contribution in [-0.4, -0.2) is 9.55 Å². The van der Waals surface area contributed by atoms with Crippen LogP contribution in [0.3, 0.4) is 0 Å². The Morgan fingerprint density at radius 1 is 1.57 bits per heavy atom. The molecule has 0 aliphatic carbocycles. The fourth-order valence-corrected chi connectivity index (χ4v) is 2.12. The van der Waals surface area contributed by atoms with Crippen molar-refractivity contribution in [1.29, 1.82) is 0 Å². The number of imidazole rings is 1. The third kappa shape index (κ3) is 1.57. The molecule has 0 fully saturated rings. The van der Waals surface area contributed by atoms with Crippen molar-refractivity contribution in [3.05, 3.63) is 17.7 Å². The normalized spacial score (nSPS) is 26.6. The van der Waals surface area contributed by atoms with Gasteiger partial charge in [-0.2, -0.15) is 0 Å². The van der Waals surface area contributed by atoms with Gasteiger partial charge in [0.1, 0.15) is 5.82 Å². The largest absolute Gasteiger partial charge is 0.333 e. The second-order valence-corrected chi connectivity index (χ2v) is 4.78. The number of hydrogen-bond acceptors (Lipinski definition) is 2. The molecule has 1 aliphatic heterocycles. The minimum absolute atomic E-state index is 0.131. The standard InChI is InChI=1S/C11H19N3/c1-7(2)10-6-14-5-8(3)4-9(12)11(14)13-10/h6-9H,4-5,12H2,1-3H3. The van der Waals surface area contributed by atoms with Crippen molar-refractivity contribution >= 4 is 0 Å². The van der Waals surface area contributed by atoms with Gasteiger partial charge >= 0.3 is 0 Å². The summed E-state index contributed by atoms with van der Waals surface area (Å²) in [5.41, 5.74) is 7.24. The summed E-state index contributed by atoms with van der Waals surface area (Å²) in [5.74, 6) is 2.24. The predicted octanol–water partition coefficient (Wildman–Crippen LogP) is 2.05. The van der Waals surface area contributed by atoms with Gasteiger partial charge in [-0.3, -0.25) is 0 Å². The summed E-state index contributed by atoms with van der Waals surface area (Å²) >= 11 is 0. The first-order valence-electron chi connectivity index (χ1n) is 5.40. The first-order chi connectivity index (χ1) is 6.58. The highest BCUT2D eigenvalue weighted by Gasteiger charge is 2.24. The molecule has 3 heteroatoms. The number of aromatic nitrogens is 2. The van der Waals surface area contributed by atoms with Crippen LogP contribution in [0.1, 0.15) is 50.7 Å². The summed E-state index contributed by atoms with van der Waals surface area (Å²) in [6.07, 6.45) is 3.23. The lowest BCUT2D eigenvalue weighted by Crippen LogP contribution is -2.26. The molecule has 0 amide bonds. The van der Waals surface area contributed by atoms with E-state index in [0.717, 1.165) is 18.8 Å². The number of fused-ring (bicyclic) bond motifs is 1. The number of nitrogens with two attached hydrogens (primary N) is 1. The van der Waals surface area contributed by atoms with Crippen LogP contribution in [0.2, 0.25) is 0 Å². The molecule has 1 aliphatic rings. The third-order valence-electron chi connectivity index (χ3n) is 2.91. The van der Waals surface area contributed by atoms with Gasteiger partial charge in [0.2, 0.25) is 0 Å². The van der Waals surface area contributed by atoms with Crippen molar-refractivity contribution in [3.8, 4) is 0 Å². The second kappa shape index (κ2) is 3.39. The molecule has 3 nitrogen and oxygen atoms in total. The van der Waals surface area contributed by atoms with Gasteiger partial charge in [-0.15, -0.1) is 0 Å². The van der Waals surface area contributed by atoms with Gasteiger partial charge in [-0.05, 0) is 18.3 Å². The van der Waals surface area contributed by atoms with E-state index in [0.29, 0.717) is 11.8 Å². The van der Waals surface area contributed by atoms with Crippen LogP contribution >= 0.6 is 0 Å². The molecule has 0 bridgehead atoms. The molecule has 2 unspecified atom stereocenters. The lowest BCUT2D eigenvalue weighted by molar-refractivity contribution is 0.346. The van der Waals surface area contributed by atoms with Crippen molar-refractivity contribution in [2.24, 2.45) is 11.7 Å². The lowest BCUT2D eigenvalue weighted by atomic mass is 9.98. The monoisotopic (exact) mass is 193 g/mol. The molecule has 0 radical (unpaired) electrons. The fraction of sp³-hybridized carbons (Fsp3) is 0.727. The maximum atomic E-state index is 6.07. The molecular weight excluding hydrogens is 174 g/mol. The van der Waals surface area contributed by atoms with Gasteiger partial charge in [-0.25, -0.2) is 4.98 Å². The molecule has 14 heavy (non-hydrogen) atoms. The molecule has 2 atom stereocenters. The Morgan fingerprint density at radius 3 is 2.93 bits per heavy atom. The highest BCUT2D eigenvalue weighted by molar-refractivity contribution is 5.12. The summed E-state index contributed by atoms with van der Waals surface area (Å²) in [5, 5.41) is 0. The van der Waals surface area contributed by atoms with Gasteiger partial charge in [0.25, 0.3) is 0 Å². The summed E-state index contributed by atoms with van der Waals surface area (Å²) in [7, 11) is 0. The molecule has 1 aromatic heterocycles. The Hall–Kier alpha value is -0.830. The van der Waals surface area contributed by atoms with E-state index in [1.807, 2.05) is 0 Å². The predicted molar refractivity (Wildman–Crippen MR) is 57.0 cm³/mol. The average Bonchev–Trinajstić information content (AvgIpc) is 2.47. The SMILES string of the molecule is CC1CC(N)c2nc(C(C)C)cn2C1. The summed E-state index contributed by atoms with van der Waals surface area (Å²) in [4.78, 5) is 4.60. The van der Waals surface area contributed by atoms with E-state index in [1.165, 1.54) is 5.69 Å². The molecular formula is C11H19N3. The summed E-state index contributed by atoms with van der Waals surface area (Å²) < 4.78 is 2.23. The number of rotatable bonds is 1. The van der Waals surface area contributed by atoms with Gasteiger partial charge in [0.15, 0.2) is 0 Å². The zero-order valence-corrected chi connectivity index (χ0v) is 9.20. The van der Waals surface area contributed by atoms with Gasteiger partial charge in [0.05, 0.1) is 11.7 Å². The third-order valence-corrected chi connectivity index (χ3v) is 2.91. The molecule has 1 aromatic rings. The van der Waals surface area contributed by atoms with Crippen LogP contribution < -0.4 is 5.73 Å². The maximum Gasteiger partial charge on any atom is 0.125 e. The van der Waals surface area contributed by atoms with Crippen LogP contribution in [0.25, 0.3) is 0 Å². The Labute approximate surface area is 85.3 Å².